The zero-order valence-corrected chi connectivity index (χ0v) is 18.3. The summed E-state index contributed by atoms with van der Waals surface area (Å²) in [6, 6.07) is 10.5. The Hall–Kier alpha value is -0.800. The molecule has 0 bridgehead atoms. The summed E-state index contributed by atoms with van der Waals surface area (Å²) in [6.45, 7) is 5.89. The van der Waals surface area contributed by atoms with Crippen LogP contribution < -0.4 is 10.6 Å². The van der Waals surface area contributed by atoms with Gasteiger partial charge in [0.15, 0.2) is 5.96 Å². The van der Waals surface area contributed by atoms with E-state index in [1.165, 1.54) is 9.77 Å². The highest BCUT2D eigenvalue weighted by Gasteiger charge is 2.05. The largest absolute Gasteiger partial charge is 0.356 e. The molecule has 7 heteroatoms. The molecule has 0 aliphatic carbocycles. The normalized spacial score (nSPS) is 11.0. The van der Waals surface area contributed by atoms with Crippen molar-refractivity contribution in [2.45, 2.75) is 25.2 Å². The van der Waals surface area contributed by atoms with Crippen LogP contribution in [-0.2, 0) is 6.42 Å². The quantitative estimate of drug-likeness (QED) is 0.209. The minimum Gasteiger partial charge on any atom is -0.356 e. The minimum atomic E-state index is 0. The average molecular weight is 476 g/mol. The summed E-state index contributed by atoms with van der Waals surface area (Å²) < 4.78 is 0. The van der Waals surface area contributed by atoms with Gasteiger partial charge >= 0.3 is 0 Å². The molecule has 0 atom stereocenters. The standard InChI is InChI=1S/C17H24N4S2.HI/c1-13-16(23-14(2)21-13)9-10-19-17(18-3)20-11-12-22-15-7-5-4-6-8-15;/h4-8H,9-12H2,1-3H3,(H2,18,19,20);1H. The Balaban J connectivity index is 0.00000288. The molecule has 0 fully saturated rings. The average Bonchev–Trinajstić information content (AvgIpc) is 2.88. The molecule has 0 unspecified atom stereocenters. The first-order valence-electron chi connectivity index (χ1n) is 7.74. The van der Waals surface area contributed by atoms with Crippen LogP contribution >= 0.6 is 47.1 Å². The zero-order valence-electron chi connectivity index (χ0n) is 14.3. The second-order valence-corrected chi connectivity index (χ2v) is 7.53. The van der Waals surface area contributed by atoms with Gasteiger partial charge in [-0.3, -0.25) is 4.99 Å². The van der Waals surface area contributed by atoms with E-state index in [9.17, 15) is 0 Å². The predicted octanol–water partition coefficient (Wildman–Crippen LogP) is 3.88. The lowest BCUT2D eigenvalue weighted by Gasteiger charge is -2.11. The van der Waals surface area contributed by atoms with Crippen molar-refractivity contribution in [1.29, 1.82) is 0 Å². The Morgan fingerprint density at radius 3 is 2.50 bits per heavy atom. The number of hydrogen-bond acceptors (Lipinski definition) is 4. The summed E-state index contributed by atoms with van der Waals surface area (Å²) in [5.74, 6) is 1.87. The van der Waals surface area contributed by atoms with Gasteiger partial charge < -0.3 is 10.6 Å². The molecule has 4 nitrogen and oxygen atoms in total. The molecule has 0 aliphatic rings. The summed E-state index contributed by atoms with van der Waals surface area (Å²) in [5.41, 5.74) is 1.15. The van der Waals surface area contributed by atoms with E-state index in [1.54, 1.807) is 11.3 Å². The fourth-order valence-corrected chi connectivity index (χ4v) is 3.90. The lowest BCUT2D eigenvalue weighted by molar-refractivity contribution is 0.814. The molecule has 0 radical (unpaired) electrons. The SMILES string of the molecule is CN=C(NCCSc1ccccc1)NCCc1sc(C)nc1C.I. The summed E-state index contributed by atoms with van der Waals surface area (Å²) in [7, 11) is 1.81. The van der Waals surface area contributed by atoms with E-state index in [4.69, 9.17) is 0 Å². The summed E-state index contributed by atoms with van der Waals surface area (Å²) in [4.78, 5) is 11.4. The van der Waals surface area contributed by atoms with Crippen LogP contribution in [0.25, 0.3) is 0 Å². The summed E-state index contributed by atoms with van der Waals surface area (Å²) in [6.07, 6.45) is 0.983. The first kappa shape index (κ1) is 21.2. The van der Waals surface area contributed by atoms with Crippen molar-refractivity contribution in [3.8, 4) is 0 Å². The van der Waals surface area contributed by atoms with E-state index in [1.807, 2.05) is 24.9 Å². The van der Waals surface area contributed by atoms with E-state index in [0.29, 0.717) is 0 Å². The Bertz CT molecular complexity index is 629. The number of halogens is 1. The molecule has 24 heavy (non-hydrogen) atoms. The van der Waals surface area contributed by atoms with Crippen LogP contribution in [0.5, 0.6) is 0 Å². The number of aryl methyl sites for hydroxylation is 2. The highest BCUT2D eigenvalue weighted by molar-refractivity contribution is 14.0. The van der Waals surface area contributed by atoms with E-state index in [2.05, 4.69) is 58.7 Å². The number of nitrogens with one attached hydrogen (secondary N) is 2. The number of aliphatic imine (C=N–C) groups is 1. The third-order valence-corrected chi connectivity index (χ3v) is 5.42. The topological polar surface area (TPSA) is 49.3 Å². The Labute approximate surface area is 170 Å². The molecular weight excluding hydrogens is 451 g/mol. The molecule has 1 aromatic carbocycles. The second-order valence-electron chi connectivity index (χ2n) is 5.08. The van der Waals surface area contributed by atoms with Crippen LogP contribution in [0.3, 0.4) is 0 Å². The number of thiazole rings is 1. The van der Waals surface area contributed by atoms with E-state index in [-0.39, 0.29) is 24.0 Å². The number of benzene rings is 1. The molecule has 1 aromatic heterocycles. The third-order valence-electron chi connectivity index (χ3n) is 3.27. The van der Waals surface area contributed by atoms with Gasteiger partial charge in [0.25, 0.3) is 0 Å². The van der Waals surface area contributed by atoms with Gasteiger partial charge in [-0.25, -0.2) is 4.98 Å². The van der Waals surface area contributed by atoms with Crippen molar-refractivity contribution < 1.29 is 0 Å². The molecule has 132 valence electrons. The van der Waals surface area contributed by atoms with Crippen LogP contribution in [0.4, 0.5) is 0 Å². The molecular formula is C17H25IN4S2. The Kier molecular flexibility index (Phi) is 10.4. The van der Waals surface area contributed by atoms with Crippen molar-refractivity contribution in [2.24, 2.45) is 4.99 Å². The summed E-state index contributed by atoms with van der Waals surface area (Å²) >= 11 is 3.62. The van der Waals surface area contributed by atoms with Gasteiger partial charge in [-0.1, -0.05) is 18.2 Å². The first-order valence-corrected chi connectivity index (χ1v) is 9.54. The smallest absolute Gasteiger partial charge is 0.191 e. The van der Waals surface area contributed by atoms with Crippen LogP contribution in [0.1, 0.15) is 15.6 Å². The molecule has 2 aromatic rings. The van der Waals surface area contributed by atoms with Crippen LogP contribution in [-0.4, -0.2) is 36.8 Å². The van der Waals surface area contributed by atoms with Crippen molar-refractivity contribution in [1.82, 2.24) is 15.6 Å². The monoisotopic (exact) mass is 476 g/mol. The predicted molar refractivity (Wildman–Crippen MR) is 117 cm³/mol. The van der Waals surface area contributed by atoms with Gasteiger partial charge in [0.1, 0.15) is 0 Å². The molecule has 1 heterocycles. The molecule has 0 spiro atoms. The molecule has 0 amide bonds. The minimum absolute atomic E-state index is 0. The lowest BCUT2D eigenvalue weighted by atomic mass is 10.3. The Morgan fingerprint density at radius 2 is 1.88 bits per heavy atom. The molecule has 0 saturated heterocycles. The number of thioether (sulfide) groups is 1. The van der Waals surface area contributed by atoms with Gasteiger partial charge in [0.2, 0.25) is 0 Å². The van der Waals surface area contributed by atoms with Gasteiger partial charge in [-0.05, 0) is 26.0 Å². The second kappa shape index (κ2) is 11.7. The number of guanidine groups is 1. The molecule has 0 aliphatic heterocycles. The zero-order chi connectivity index (χ0) is 16.5. The van der Waals surface area contributed by atoms with E-state index >= 15 is 0 Å². The maximum Gasteiger partial charge on any atom is 0.191 e. The van der Waals surface area contributed by atoms with Crippen LogP contribution in [0.15, 0.2) is 40.2 Å². The fourth-order valence-electron chi connectivity index (χ4n) is 2.18. The number of hydrogen-bond donors (Lipinski definition) is 2. The highest BCUT2D eigenvalue weighted by Crippen LogP contribution is 2.17. The number of rotatable bonds is 7. The van der Waals surface area contributed by atoms with Crippen molar-refractivity contribution in [3.63, 3.8) is 0 Å². The molecule has 2 N–H and O–H groups in total. The van der Waals surface area contributed by atoms with Gasteiger partial charge in [0, 0.05) is 42.1 Å². The maximum absolute atomic E-state index is 4.46. The Morgan fingerprint density at radius 1 is 1.17 bits per heavy atom. The fraction of sp³-hybridized carbons (Fsp3) is 0.412. The van der Waals surface area contributed by atoms with Gasteiger partial charge in [-0.2, -0.15) is 0 Å². The third kappa shape index (κ3) is 7.40. The van der Waals surface area contributed by atoms with E-state index in [0.717, 1.165) is 41.9 Å². The van der Waals surface area contributed by atoms with Crippen LogP contribution in [0, 0.1) is 13.8 Å². The van der Waals surface area contributed by atoms with Crippen LogP contribution in [0.2, 0.25) is 0 Å². The van der Waals surface area contributed by atoms with Crippen molar-refractivity contribution >= 4 is 53.0 Å². The maximum atomic E-state index is 4.46. The number of nitrogens with zero attached hydrogens (tertiary/aromatic N) is 2. The van der Waals surface area contributed by atoms with E-state index < -0.39 is 0 Å². The van der Waals surface area contributed by atoms with Gasteiger partial charge in [-0.15, -0.1) is 47.1 Å². The van der Waals surface area contributed by atoms with Gasteiger partial charge in [0.05, 0.1) is 10.7 Å². The van der Waals surface area contributed by atoms with Crippen molar-refractivity contribution in [3.05, 3.63) is 45.9 Å². The lowest BCUT2D eigenvalue weighted by Crippen LogP contribution is -2.39. The summed E-state index contributed by atoms with van der Waals surface area (Å²) in [5, 5.41) is 7.85. The number of aromatic nitrogens is 1. The van der Waals surface area contributed by atoms with Crippen molar-refractivity contribution in [2.75, 3.05) is 25.9 Å². The highest BCUT2D eigenvalue weighted by atomic mass is 127. The molecule has 2 rings (SSSR count). The molecule has 0 saturated carbocycles. The first-order chi connectivity index (χ1) is 11.2.